The van der Waals surface area contributed by atoms with Gasteiger partial charge in [0.25, 0.3) is 0 Å². The molecule has 2 N–H and O–H groups in total. The Morgan fingerprint density at radius 3 is 2.54 bits per heavy atom. The fourth-order valence-corrected chi connectivity index (χ4v) is 1.71. The lowest BCUT2D eigenvalue weighted by molar-refractivity contribution is -0.218. The van der Waals surface area contributed by atoms with Gasteiger partial charge in [0.05, 0.1) is 6.61 Å². The Hall–Kier alpha value is -0.200. The molecule has 0 aliphatic carbocycles. The van der Waals surface area contributed by atoms with Gasteiger partial charge in [0.1, 0.15) is 18.3 Å². The molecule has 0 aromatic rings. The Kier molecular flexibility index (Phi) is 2.08. The van der Waals surface area contributed by atoms with E-state index in [9.17, 15) is 5.11 Å². The largest absolute Gasteiger partial charge is 0.394 e. The fourth-order valence-electron chi connectivity index (χ4n) is 1.71. The first-order chi connectivity index (χ1) is 6.03. The first-order valence-electron chi connectivity index (χ1n) is 4.33. The highest BCUT2D eigenvalue weighted by Gasteiger charge is 2.53. The number of aliphatic hydroxyl groups excluding tert-OH is 2. The van der Waals surface area contributed by atoms with Crippen LogP contribution >= 0.6 is 0 Å². The third-order valence-corrected chi connectivity index (χ3v) is 2.29. The van der Waals surface area contributed by atoms with E-state index in [-0.39, 0.29) is 6.61 Å². The van der Waals surface area contributed by atoms with Crippen LogP contribution in [0.5, 0.6) is 0 Å². The Morgan fingerprint density at radius 2 is 2.00 bits per heavy atom. The normalized spacial score (nSPS) is 48.0. The maximum Gasteiger partial charge on any atom is 0.190 e. The van der Waals surface area contributed by atoms with Crippen molar-refractivity contribution in [2.24, 2.45) is 0 Å². The van der Waals surface area contributed by atoms with E-state index in [0.717, 1.165) is 0 Å². The average Bonchev–Trinajstić information content (AvgIpc) is 2.47. The lowest BCUT2D eigenvalue weighted by Gasteiger charge is -2.21. The molecule has 2 aliphatic heterocycles. The topological polar surface area (TPSA) is 68.2 Å². The zero-order valence-electron chi connectivity index (χ0n) is 7.64. The van der Waals surface area contributed by atoms with Crippen molar-refractivity contribution in [3.05, 3.63) is 0 Å². The molecule has 13 heavy (non-hydrogen) atoms. The number of rotatable bonds is 1. The molecule has 5 nitrogen and oxygen atoms in total. The molecule has 2 fully saturated rings. The van der Waals surface area contributed by atoms with Gasteiger partial charge in [-0.1, -0.05) is 0 Å². The highest BCUT2D eigenvalue weighted by molar-refractivity contribution is 4.92. The zero-order valence-corrected chi connectivity index (χ0v) is 7.64. The van der Waals surface area contributed by atoms with E-state index >= 15 is 0 Å². The number of fused-ring (bicyclic) bond motifs is 1. The minimum Gasteiger partial charge on any atom is -0.394 e. The van der Waals surface area contributed by atoms with Gasteiger partial charge < -0.3 is 24.4 Å². The molecule has 0 saturated carbocycles. The molecule has 4 atom stereocenters. The Labute approximate surface area is 76.2 Å². The van der Waals surface area contributed by atoms with E-state index in [2.05, 4.69) is 0 Å². The predicted molar refractivity (Wildman–Crippen MR) is 41.8 cm³/mol. The van der Waals surface area contributed by atoms with Crippen molar-refractivity contribution in [2.45, 2.75) is 44.2 Å². The summed E-state index contributed by atoms with van der Waals surface area (Å²) in [5.41, 5.74) is 0. The molecule has 5 heteroatoms. The standard InChI is InChI=1S/C8H14O5/c1-8(2)12-6-5(10)4(3-9)11-7(6)13-8/h4-7,9-10H,3H2,1-2H3/t4-,5?,6?,7+/m1/s1. The van der Waals surface area contributed by atoms with E-state index in [1.54, 1.807) is 13.8 Å². The zero-order chi connectivity index (χ0) is 9.64. The van der Waals surface area contributed by atoms with Crippen molar-refractivity contribution in [3.8, 4) is 0 Å². The maximum absolute atomic E-state index is 9.60. The second-order valence-corrected chi connectivity index (χ2v) is 3.82. The lowest BCUT2D eigenvalue weighted by atomic mass is 10.1. The molecule has 0 amide bonds. The van der Waals surface area contributed by atoms with Gasteiger partial charge in [-0.15, -0.1) is 0 Å². The molecular weight excluding hydrogens is 176 g/mol. The first kappa shape index (κ1) is 9.36. The van der Waals surface area contributed by atoms with Crippen molar-refractivity contribution in [1.82, 2.24) is 0 Å². The summed E-state index contributed by atoms with van der Waals surface area (Å²) in [5, 5.41) is 18.4. The van der Waals surface area contributed by atoms with Crippen molar-refractivity contribution >= 4 is 0 Å². The van der Waals surface area contributed by atoms with Gasteiger partial charge in [0, 0.05) is 0 Å². The van der Waals surface area contributed by atoms with E-state index in [4.69, 9.17) is 19.3 Å². The Morgan fingerprint density at radius 1 is 1.31 bits per heavy atom. The van der Waals surface area contributed by atoms with Crippen LogP contribution in [-0.2, 0) is 14.2 Å². The van der Waals surface area contributed by atoms with E-state index in [1.165, 1.54) is 0 Å². The third kappa shape index (κ3) is 1.47. The van der Waals surface area contributed by atoms with E-state index in [0.29, 0.717) is 0 Å². The van der Waals surface area contributed by atoms with Crippen molar-refractivity contribution < 1.29 is 24.4 Å². The molecule has 76 valence electrons. The van der Waals surface area contributed by atoms with Crippen LogP contribution in [0.25, 0.3) is 0 Å². The predicted octanol–water partition coefficient (Wildman–Crippen LogP) is -0.784. The van der Waals surface area contributed by atoms with Gasteiger partial charge in [-0.05, 0) is 13.8 Å². The maximum atomic E-state index is 9.60. The molecule has 0 bridgehead atoms. The summed E-state index contributed by atoms with van der Waals surface area (Å²) in [4.78, 5) is 0. The van der Waals surface area contributed by atoms with Crippen LogP contribution in [0.4, 0.5) is 0 Å². The van der Waals surface area contributed by atoms with Crippen LogP contribution in [0, 0.1) is 0 Å². The van der Waals surface area contributed by atoms with Crippen LogP contribution in [0.3, 0.4) is 0 Å². The molecule has 0 spiro atoms. The van der Waals surface area contributed by atoms with Crippen molar-refractivity contribution in [3.63, 3.8) is 0 Å². The Balaban J connectivity index is 2.07. The van der Waals surface area contributed by atoms with E-state index in [1.807, 2.05) is 0 Å². The van der Waals surface area contributed by atoms with Gasteiger partial charge in [-0.2, -0.15) is 0 Å². The molecule has 0 aromatic heterocycles. The Bertz CT molecular complexity index is 205. The molecule has 2 saturated heterocycles. The molecule has 0 radical (unpaired) electrons. The highest BCUT2D eigenvalue weighted by Crippen LogP contribution is 2.36. The molecule has 2 aliphatic rings. The molecule has 0 aromatic carbocycles. The van der Waals surface area contributed by atoms with Gasteiger partial charge in [0.15, 0.2) is 12.1 Å². The number of hydrogen-bond donors (Lipinski definition) is 2. The van der Waals surface area contributed by atoms with Gasteiger partial charge in [-0.25, -0.2) is 0 Å². The lowest BCUT2D eigenvalue weighted by Crippen LogP contribution is -2.36. The van der Waals surface area contributed by atoms with Crippen LogP contribution in [0.1, 0.15) is 13.8 Å². The van der Waals surface area contributed by atoms with Gasteiger partial charge in [0.2, 0.25) is 0 Å². The monoisotopic (exact) mass is 190 g/mol. The van der Waals surface area contributed by atoms with E-state index < -0.39 is 30.4 Å². The smallest absolute Gasteiger partial charge is 0.190 e. The van der Waals surface area contributed by atoms with Gasteiger partial charge in [-0.3, -0.25) is 0 Å². The molecule has 2 unspecified atom stereocenters. The van der Waals surface area contributed by atoms with Crippen molar-refractivity contribution in [2.75, 3.05) is 6.61 Å². The minimum atomic E-state index is -0.809. The van der Waals surface area contributed by atoms with Crippen LogP contribution < -0.4 is 0 Å². The van der Waals surface area contributed by atoms with Crippen LogP contribution in [-0.4, -0.2) is 47.2 Å². The summed E-state index contributed by atoms with van der Waals surface area (Å²) in [5.74, 6) is -0.712. The number of ether oxygens (including phenoxy) is 3. The SMILES string of the molecule is CC1(C)OC2C(O)[C@@H](CO)O[C@H]2O1. The number of hydrogen-bond acceptors (Lipinski definition) is 5. The fraction of sp³-hybridized carbons (Fsp3) is 1.00. The summed E-state index contributed by atoms with van der Waals surface area (Å²) in [6.07, 6.45) is -2.43. The number of aliphatic hydroxyl groups is 2. The summed E-state index contributed by atoms with van der Waals surface area (Å²) in [7, 11) is 0. The highest BCUT2D eigenvalue weighted by atomic mass is 16.8. The second kappa shape index (κ2) is 2.90. The quantitative estimate of drug-likeness (QED) is 0.567. The van der Waals surface area contributed by atoms with Gasteiger partial charge >= 0.3 is 0 Å². The minimum absolute atomic E-state index is 0.221. The summed E-state index contributed by atoms with van der Waals surface area (Å²) in [6, 6.07) is 0. The molecule has 2 rings (SSSR count). The van der Waals surface area contributed by atoms with Crippen LogP contribution in [0.15, 0.2) is 0 Å². The molecule has 2 heterocycles. The average molecular weight is 190 g/mol. The molecular formula is C8H14O5. The summed E-state index contributed by atoms with van der Waals surface area (Å²) < 4.78 is 16.0. The van der Waals surface area contributed by atoms with Crippen molar-refractivity contribution in [1.29, 1.82) is 0 Å². The summed E-state index contributed by atoms with van der Waals surface area (Å²) >= 11 is 0. The third-order valence-electron chi connectivity index (χ3n) is 2.29. The summed E-state index contributed by atoms with van der Waals surface area (Å²) in [6.45, 7) is 3.30. The second-order valence-electron chi connectivity index (χ2n) is 3.82. The van der Waals surface area contributed by atoms with Crippen LogP contribution in [0.2, 0.25) is 0 Å². The first-order valence-corrected chi connectivity index (χ1v) is 4.33.